The van der Waals surface area contributed by atoms with Crippen LogP contribution in [0.5, 0.6) is 5.75 Å². The van der Waals surface area contributed by atoms with Crippen LogP contribution in [-0.4, -0.2) is 41.4 Å². The molecule has 212 valence electrons. The summed E-state index contributed by atoms with van der Waals surface area (Å²) in [5.74, 6) is 0.273. The molecule has 0 radical (unpaired) electrons. The Balaban J connectivity index is 1.66. The van der Waals surface area contributed by atoms with Crippen LogP contribution < -0.4 is 20.3 Å². The summed E-state index contributed by atoms with van der Waals surface area (Å²) in [5, 5.41) is 7.02. The van der Waals surface area contributed by atoms with Crippen molar-refractivity contribution in [3.63, 3.8) is 0 Å². The first-order chi connectivity index (χ1) is 19.9. The fourth-order valence-electron chi connectivity index (χ4n) is 5.70. The van der Waals surface area contributed by atoms with Gasteiger partial charge in [0.25, 0.3) is 0 Å². The number of benzene rings is 2. The van der Waals surface area contributed by atoms with Gasteiger partial charge in [0.1, 0.15) is 12.4 Å². The molecule has 1 saturated heterocycles. The number of methoxy groups -OCH3 is 2. The van der Waals surface area contributed by atoms with Crippen molar-refractivity contribution >= 4 is 34.6 Å². The number of amides is 1. The lowest BCUT2D eigenvalue weighted by atomic mass is 9.96. The zero-order valence-electron chi connectivity index (χ0n) is 24.0. The van der Waals surface area contributed by atoms with Crippen molar-refractivity contribution in [1.82, 2.24) is 14.9 Å². The van der Waals surface area contributed by atoms with Gasteiger partial charge in [0.15, 0.2) is 5.11 Å². The summed E-state index contributed by atoms with van der Waals surface area (Å²) in [4.78, 5) is 19.2. The molecule has 0 aliphatic carbocycles. The minimum atomic E-state index is -0.272. The molecular weight excluding hydrogens is 534 g/mol. The number of pyridine rings is 1. The fourth-order valence-corrected chi connectivity index (χ4v) is 6.04. The molecule has 41 heavy (non-hydrogen) atoms. The molecule has 2 aromatic carbocycles. The van der Waals surface area contributed by atoms with Crippen molar-refractivity contribution in [2.45, 2.75) is 39.3 Å². The highest BCUT2D eigenvalue weighted by Crippen LogP contribution is 2.45. The largest absolute Gasteiger partial charge is 0.495 e. The van der Waals surface area contributed by atoms with Crippen molar-refractivity contribution in [3.8, 4) is 11.4 Å². The fraction of sp³-hybridized carbons (Fsp3) is 0.281. The number of aromatic nitrogens is 2. The van der Waals surface area contributed by atoms with Crippen LogP contribution in [0.3, 0.4) is 0 Å². The van der Waals surface area contributed by atoms with Gasteiger partial charge in [0, 0.05) is 36.1 Å². The number of hydrogen-bond donors (Lipinski definition) is 2. The van der Waals surface area contributed by atoms with Crippen LogP contribution >= 0.6 is 12.2 Å². The average molecular weight is 570 g/mol. The topological polar surface area (TPSA) is 80.7 Å². The van der Waals surface area contributed by atoms with Gasteiger partial charge in [-0.15, -0.1) is 0 Å². The summed E-state index contributed by atoms with van der Waals surface area (Å²) in [7, 11) is 3.06. The van der Waals surface area contributed by atoms with Gasteiger partial charge in [-0.25, -0.2) is 0 Å². The van der Waals surface area contributed by atoms with Gasteiger partial charge in [-0.2, -0.15) is 0 Å². The van der Waals surface area contributed by atoms with E-state index in [0.717, 1.165) is 34.8 Å². The van der Waals surface area contributed by atoms with Crippen LogP contribution in [-0.2, 0) is 16.0 Å². The van der Waals surface area contributed by atoms with Crippen LogP contribution in [0.4, 0.5) is 11.4 Å². The Morgan fingerprint density at radius 1 is 1.07 bits per heavy atom. The lowest BCUT2D eigenvalue weighted by Crippen LogP contribution is -2.29. The van der Waals surface area contributed by atoms with Crippen LogP contribution in [0.15, 0.2) is 72.9 Å². The summed E-state index contributed by atoms with van der Waals surface area (Å²) < 4.78 is 12.9. The number of aryl methyl sites for hydroxylation is 2. The molecule has 1 amide bonds. The van der Waals surface area contributed by atoms with E-state index in [9.17, 15) is 4.79 Å². The Kier molecular flexibility index (Phi) is 8.37. The third-order valence-corrected chi connectivity index (χ3v) is 7.83. The van der Waals surface area contributed by atoms with E-state index >= 15 is 0 Å². The predicted molar refractivity (Wildman–Crippen MR) is 166 cm³/mol. The Labute approximate surface area is 246 Å². The second-order valence-corrected chi connectivity index (χ2v) is 10.4. The molecule has 2 atom stereocenters. The molecule has 1 aliphatic heterocycles. The third-order valence-electron chi connectivity index (χ3n) is 7.51. The van der Waals surface area contributed by atoms with Gasteiger partial charge in [0.05, 0.1) is 30.6 Å². The number of para-hydroxylation sites is 1. The molecule has 4 aromatic rings. The number of ether oxygens (including phenoxy) is 2. The zero-order valence-corrected chi connectivity index (χ0v) is 24.8. The second-order valence-electron chi connectivity index (χ2n) is 10.0. The highest BCUT2D eigenvalue weighted by Gasteiger charge is 2.42. The van der Waals surface area contributed by atoms with Crippen molar-refractivity contribution in [3.05, 3.63) is 101 Å². The highest BCUT2D eigenvalue weighted by atomic mass is 32.1. The van der Waals surface area contributed by atoms with E-state index in [0.29, 0.717) is 16.5 Å². The first-order valence-electron chi connectivity index (χ1n) is 13.6. The first-order valence-corrected chi connectivity index (χ1v) is 14.0. The highest BCUT2D eigenvalue weighted by molar-refractivity contribution is 7.80. The molecule has 0 bridgehead atoms. The molecule has 2 aromatic heterocycles. The smallest absolute Gasteiger partial charge is 0.250 e. The molecule has 8 nitrogen and oxygen atoms in total. The van der Waals surface area contributed by atoms with Gasteiger partial charge >= 0.3 is 0 Å². The Hall–Kier alpha value is -4.21. The Morgan fingerprint density at radius 3 is 2.56 bits per heavy atom. The van der Waals surface area contributed by atoms with E-state index in [-0.39, 0.29) is 24.6 Å². The summed E-state index contributed by atoms with van der Waals surface area (Å²) in [6, 6.07) is 22.0. The molecule has 0 spiro atoms. The van der Waals surface area contributed by atoms with Gasteiger partial charge in [-0.3, -0.25) is 9.78 Å². The van der Waals surface area contributed by atoms with Crippen LogP contribution in [0.25, 0.3) is 5.69 Å². The molecule has 5 rings (SSSR count). The second kappa shape index (κ2) is 12.1. The van der Waals surface area contributed by atoms with E-state index in [1.165, 1.54) is 18.4 Å². The van der Waals surface area contributed by atoms with Crippen LogP contribution in [0.2, 0.25) is 0 Å². The maximum atomic E-state index is 12.4. The average Bonchev–Trinajstić information content (AvgIpc) is 3.48. The number of thiocarbonyl (C=S) groups is 1. The van der Waals surface area contributed by atoms with Crippen molar-refractivity contribution in [2.75, 3.05) is 31.0 Å². The van der Waals surface area contributed by atoms with E-state index in [2.05, 4.69) is 71.2 Å². The first kappa shape index (κ1) is 28.3. The van der Waals surface area contributed by atoms with Crippen LogP contribution in [0.1, 0.15) is 47.2 Å². The number of nitrogens with one attached hydrogen (secondary N) is 2. The Bertz CT molecular complexity index is 1570. The maximum Gasteiger partial charge on any atom is 0.250 e. The Morgan fingerprint density at radius 2 is 1.85 bits per heavy atom. The summed E-state index contributed by atoms with van der Waals surface area (Å²) in [6.07, 6.45) is 2.74. The number of carbonyl (C=O) groups excluding carboxylic acids is 1. The normalized spacial score (nSPS) is 16.5. The molecule has 0 saturated carbocycles. The molecule has 9 heteroatoms. The van der Waals surface area contributed by atoms with Crippen molar-refractivity contribution in [2.24, 2.45) is 0 Å². The summed E-state index contributed by atoms with van der Waals surface area (Å²) in [5.41, 5.74) is 8.12. The molecule has 0 unspecified atom stereocenters. The molecule has 3 heterocycles. The number of anilines is 2. The minimum absolute atomic E-state index is 0.0628. The van der Waals surface area contributed by atoms with E-state index in [1.54, 1.807) is 13.3 Å². The van der Waals surface area contributed by atoms with Gasteiger partial charge < -0.3 is 29.6 Å². The van der Waals surface area contributed by atoms with Gasteiger partial charge in [0.2, 0.25) is 5.91 Å². The number of hydrogen-bond acceptors (Lipinski definition) is 5. The summed E-state index contributed by atoms with van der Waals surface area (Å²) >= 11 is 5.97. The lowest BCUT2D eigenvalue weighted by molar-refractivity contribution is -0.119. The van der Waals surface area contributed by atoms with Gasteiger partial charge in [-0.1, -0.05) is 31.2 Å². The molecule has 1 aliphatic rings. The van der Waals surface area contributed by atoms with Crippen molar-refractivity contribution < 1.29 is 14.3 Å². The monoisotopic (exact) mass is 569 g/mol. The molecule has 2 N–H and O–H groups in total. The zero-order chi connectivity index (χ0) is 29.1. The molecular formula is C32H35N5O3S. The minimum Gasteiger partial charge on any atom is -0.495 e. The number of rotatable bonds is 9. The van der Waals surface area contributed by atoms with Crippen LogP contribution in [0, 0.1) is 13.8 Å². The predicted octanol–water partition coefficient (Wildman–Crippen LogP) is 5.82. The van der Waals surface area contributed by atoms with Gasteiger partial charge in [-0.05, 0) is 86.1 Å². The van der Waals surface area contributed by atoms with E-state index in [4.69, 9.17) is 26.7 Å². The molecule has 1 fully saturated rings. The quantitative estimate of drug-likeness (QED) is 0.246. The number of carbonyl (C=O) groups is 1. The lowest BCUT2D eigenvalue weighted by Gasteiger charge is -2.29. The standard InChI is InChI=1S/C32H35N5O3S/c1-6-22-11-7-8-13-27(22)36-20(2)17-24(21(36)3)31-30(25-12-9-10-16-33-25)35-32(41)37(31)23-14-15-28(40-5)26(18-23)34-29(38)19-39-4/h7-18,30-31H,6,19H2,1-5H3,(H,34,38)(H,35,41)/t30-,31+/m1/s1. The maximum absolute atomic E-state index is 12.4. The van der Waals surface area contributed by atoms with Crippen molar-refractivity contribution in [1.29, 1.82) is 0 Å². The third kappa shape index (κ3) is 5.42. The van der Waals surface area contributed by atoms with E-state index < -0.39 is 0 Å². The summed E-state index contributed by atoms with van der Waals surface area (Å²) in [6.45, 7) is 6.42. The SMILES string of the molecule is CCc1ccccc1-n1c(C)cc([C@H]2[C@@H](c3ccccn3)NC(=S)N2c2ccc(OC)c(NC(=O)COC)c2)c1C. The van der Waals surface area contributed by atoms with E-state index in [1.807, 2.05) is 36.4 Å². The number of nitrogens with zero attached hydrogens (tertiary/aromatic N) is 3.